The van der Waals surface area contributed by atoms with Gasteiger partial charge in [-0.05, 0) is 89.1 Å². The average Bonchev–Trinajstić information content (AvgIpc) is 3.16. The van der Waals surface area contributed by atoms with E-state index in [0.29, 0.717) is 19.0 Å². The zero-order chi connectivity index (χ0) is 22.5. The van der Waals surface area contributed by atoms with Crippen molar-refractivity contribution in [3.63, 3.8) is 0 Å². The lowest BCUT2D eigenvalue weighted by atomic mass is 10.0. The highest BCUT2D eigenvalue weighted by Crippen LogP contribution is 2.26. The number of nitrogens with one attached hydrogen (secondary N) is 1. The summed E-state index contributed by atoms with van der Waals surface area (Å²) < 4.78 is 15.4. The summed E-state index contributed by atoms with van der Waals surface area (Å²) in [5.74, 6) is 6.48. The first kappa shape index (κ1) is 22.8. The van der Waals surface area contributed by atoms with Crippen LogP contribution in [0, 0.1) is 11.8 Å². The number of allylic oxidation sites excluding steroid dienone is 2. The molecule has 4 rings (SSSR count). The maximum absolute atomic E-state index is 13.1. The minimum absolute atomic E-state index is 0.153. The molecule has 1 unspecified atom stereocenters. The highest BCUT2D eigenvalue weighted by Gasteiger charge is 2.21. The fourth-order valence-corrected chi connectivity index (χ4v) is 4.83. The van der Waals surface area contributed by atoms with Gasteiger partial charge >= 0.3 is 0 Å². The van der Waals surface area contributed by atoms with Crippen molar-refractivity contribution in [2.75, 3.05) is 33.7 Å². The molecular formula is C27H35FN4. The van der Waals surface area contributed by atoms with Crippen LogP contribution in [0.2, 0.25) is 0 Å². The Kier molecular flexibility index (Phi) is 7.47. The van der Waals surface area contributed by atoms with Gasteiger partial charge in [0.2, 0.25) is 0 Å². The first-order valence-electron chi connectivity index (χ1n) is 11.8. The molecule has 1 atom stereocenters. The Morgan fingerprint density at radius 3 is 2.72 bits per heavy atom. The van der Waals surface area contributed by atoms with Gasteiger partial charge in [0.15, 0.2) is 0 Å². The smallest absolute Gasteiger partial charge is 0.119 e. The van der Waals surface area contributed by atoms with Crippen molar-refractivity contribution in [2.24, 2.45) is 0 Å². The van der Waals surface area contributed by atoms with Gasteiger partial charge in [0.1, 0.15) is 5.83 Å². The van der Waals surface area contributed by atoms with Gasteiger partial charge in [-0.1, -0.05) is 24.1 Å². The summed E-state index contributed by atoms with van der Waals surface area (Å²) in [6.07, 6.45) is 8.16. The second-order valence-corrected chi connectivity index (χ2v) is 9.07. The zero-order valence-corrected chi connectivity index (χ0v) is 19.6. The summed E-state index contributed by atoms with van der Waals surface area (Å²) in [4.78, 5) is 4.95. The minimum atomic E-state index is -0.153. The molecule has 1 aromatic carbocycles. The van der Waals surface area contributed by atoms with Crippen LogP contribution in [0.4, 0.5) is 4.39 Å². The third kappa shape index (κ3) is 5.32. The molecule has 4 nitrogen and oxygen atoms in total. The summed E-state index contributed by atoms with van der Waals surface area (Å²) >= 11 is 0. The first-order chi connectivity index (χ1) is 15.5. The predicted octanol–water partition coefficient (Wildman–Crippen LogP) is 4.31. The van der Waals surface area contributed by atoms with Crippen LogP contribution in [-0.4, -0.2) is 60.2 Å². The number of fused-ring (bicyclic) bond motifs is 1. The largest absolute Gasteiger partial charge is 0.334 e. The number of benzene rings is 1. The molecule has 2 heterocycles. The van der Waals surface area contributed by atoms with Crippen molar-refractivity contribution in [3.8, 4) is 11.8 Å². The third-order valence-corrected chi connectivity index (χ3v) is 6.76. The van der Waals surface area contributed by atoms with Gasteiger partial charge < -0.3 is 9.47 Å². The molecule has 1 aliphatic heterocycles. The molecule has 1 aliphatic carbocycles. The van der Waals surface area contributed by atoms with Crippen LogP contribution in [0.1, 0.15) is 37.4 Å². The lowest BCUT2D eigenvalue weighted by Gasteiger charge is -2.35. The summed E-state index contributed by atoms with van der Waals surface area (Å²) in [6, 6.07) is 9.77. The molecule has 0 saturated carbocycles. The van der Waals surface area contributed by atoms with Gasteiger partial charge in [-0.2, -0.15) is 0 Å². The number of rotatable bonds is 6. The Labute approximate surface area is 191 Å². The van der Waals surface area contributed by atoms with Crippen molar-refractivity contribution in [3.05, 3.63) is 59.6 Å². The molecule has 0 spiro atoms. The Morgan fingerprint density at radius 2 is 2.03 bits per heavy atom. The van der Waals surface area contributed by atoms with Crippen molar-refractivity contribution in [1.82, 2.24) is 19.7 Å². The van der Waals surface area contributed by atoms with Crippen molar-refractivity contribution in [2.45, 2.75) is 51.4 Å². The molecule has 32 heavy (non-hydrogen) atoms. The molecule has 0 amide bonds. The van der Waals surface area contributed by atoms with E-state index < -0.39 is 0 Å². The quantitative estimate of drug-likeness (QED) is 0.686. The van der Waals surface area contributed by atoms with E-state index in [0.717, 1.165) is 31.9 Å². The highest BCUT2D eigenvalue weighted by atomic mass is 19.1. The maximum atomic E-state index is 13.1. The molecule has 1 fully saturated rings. The molecular weight excluding hydrogens is 399 g/mol. The fraction of sp³-hybridized carbons (Fsp3) is 0.481. The monoisotopic (exact) mass is 434 g/mol. The van der Waals surface area contributed by atoms with Gasteiger partial charge in [-0.25, -0.2) is 4.39 Å². The zero-order valence-electron chi connectivity index (χ0n) is 19.6. The molecule has 1 aromatic heterocycles. The number of hydrogen-bond donors (Lipinski definition) is 1. The lowest BCUT2D eigenvalue weighted by molar-refractivity contribution is 0.140. The number of aromatic nitrogens is 1. The van der Waals surface area contributed by atoms with Crippen LogP contribution in [0.25, 0.3) is 10.9 Å². The minimum Gasteiger partial charge on any atom is -0.334 e. The van der Waals surface area contributed by atoms with Crippen LogP contribution >= 0.6 is 0 Å². The number of hydrogen-bond acceptors (Lipinski definition) is 3. The van der Waals surface area contributed by atoms with Crippen LogP contribution in [-0.2, 0) is 13.1 Å². The number of aryl methyl sites for hydroxylation is 1. The summed E-state index contributed by atoms with van der Waals surface area (Å²) in [7, 11) is 4.38. The Bertz CT molecular complexity index is 1040. The predicted molar refractivity (Wildman–Crippen MR) is 131 cm³/mol. The Hall–Kier alpha value is -2.39. The molecule has 0 bridgehead atoms. The fourth-order valence-electron chi connectivity index (χ4n) is 4.83. The first-order valence-corrected chi connectivity index (χ1v) is 11.8. The van der Waals surface area contributed by atoms with E-state index in [4.69, 9.17) is 0 Å². The number of piperidine rings is 1. The highest BCUT2D eigenvalue weighted by molar-refractivity contribution is 5.85. The second-order valence-electron chi connectivity index (χ2n) is 9.07. The normalized spacial score (nSPS) is 19.9. The summed E-state index contributed by atoms with van der Waals surface area (Å²) in [5, 5.41) is 4.69. The SMILES string of the molecule is CCn1c(C#CCNC2C=CC(F)=CC2)cc2c(CN3CCC(N(C)C)CC3)cccc21. The van der Waals surface area contributed by atoms with Crippen molar-refractivity contribution in [1.29, 1.82) is 0 Å². The van der Waals surface area contributed by atoms with Gasteiger partial charge in [-0.15, -0.1) is 0 Å². The van der Waals surface area contributed by atoms with Gasteiger partial charge in [-0.3, -0.25) is 10.2 Å². The van der Waals surface area contributed by atoms with Crippen molar-refractivity contribution >= 4 is 10.9 Å². The van der Waals surface area contributed by atoms with Crippen molar-refractivity contribution < 1.29 is 4.39 Å². The average molecular weight is 435 g/mol. The number of halogens is 1. The van der Waals surface area contributed by atoms with E-state index >= 15 is 0 Å². The molecule has 1 saturated heterocycles. The standard InChI is InChI=1S/C27H35FN4/c1-4-32-25(8-6-16-29-23-12-10-22(28)11-13-23)19-26-21(7-5-9-27(26)32)20-31-17-14-24(15-18-31)30(2)3/h5,7,9-12,19,23-24,29H,4,13-18,20H2,1-3H3. The third-order valence-electron chi connectivity index (χ3n) is 6.76. The molecule has 2 aromatic rings. The van der Waals surface area contributed by atoms with E-state index in [1.54, 1.807) is 6.08 Å². The summed E-state index contributed by atoms with van der Waals surface area (Å²) in [5.41, 5.74) is 3.72. The van der Waals surface area contributed by atoms with Crippen LogP contribution in [0.3, 0.4) is 0 Å². The van der Waals surface area contributed by atoms with Gasteiger partial charge in [0.05, 0.1) is 12.2 Å². The molecule has 5 heteroatoms. The topological polar surface area (TPSA) is 23.4 Å². The van der Waals surface area contributed by atoms with E-state index in [1.807, 2.05) is 6.08 Å². The Balaban J connectivity index is 1.45. The molecule has 170 valence electrons. The lowest BCUT2D eigenvalue weighted by Crippen LogP contribution is -2.41. The van der Waals surface area contributed by atoms with E-state index in [1.165, 1.54) is 35.4 Å². The molecule has 1 N–H and O–H groups in total. The van der Waals surface area contributed by atoms with Crippen LogP contribution < -0.4 is 5.32 Å². The molecule has 2 aliphatic rings. The number of likely N-dealkylation sites (tertiary alicyclic amines) is 1. The Morgan fingerprint density at radius 1 is 1.22 bits per heavy atom. The maximum Gasteiger partial charge on any atom is 0.119 e. The second kappa shape index (κ2) is 10.5. The van der Waals surface area contributed by atoms with Crippen LogP contribution in [0.15, 0.2) is 48.3 Å². The number of nitrogens with zero attached hydrogens (tertiary/aromatic N) is 3. The van der Waals surface area contributed by atoms with E-state index in [9.17, 15) is 4.39 Å². The van der Waals surface area contributed by atoms with Gasteiger partial charge in [0, 0.05) is 36.1 Å². The summed E-state index contributed by atoms with van der Waals surface area (Å²) in [6.45, 7) is 6.96. The van der Waals surface area contributed by atoms with E-state index in [-0.39, 0.29) is 11.9 Å². The van der Waals surface area contributed by atoms with E-state index in [2.05, 4.69) is 76.8 Å². The van der Waals surface area contributed by atoms with Gasteiger partial charge in [0.25, 0.3) is 0 Å². The van der Waals surface area contributed by atoms with Crippen LogP contribution in [0.5, 0.6) is 0 Å². The molecule has 0 radical (unpaired) electrons.